The Labute approximate surface area is 125 Å². The van der Waals surface area contributed by atoms with Crippen molar-refractivity contribution >= 4 is 12.0 Å². The molecule has 1 saturated carbocycles. The highest BCUT2D eigenvalue weighted by molar-refractivity contribution is 5.74. The van der Waals surface area contributed by atoms with Crippen LogP contribution in [0, 0.1) is 11.3 Å². The zero-order chi connectivity index (χ0) is 14.9. The molecule has 4 rings (SSSR count). The van der Waals surface area contributed by atoms with Gasteiger partial charge < -0.3 is 20.6 Å². The van der Waals surface area contributed by atoms with Crippen LogP contribution in [0.4, 0.5) is 4.79 Å². The summed E-state index contributed by atoms with van der Waals surface area (Å²) < 4.78 is 0. The van der Waals surface area contributed by atoms with Crippen LogP contribution in [0.25, 0.3) is 0 Å². The van der Waals surface area contributed by atoms with Crippen LogP contribution in [0.1, 0.15) is 38.5 Å². The van der Waals surface area contributed by atoms with Crippen LogP contribution in [-0.2, 0) is 4.79 Å². The molecule has 4 fully saturated rings. The second-order valence-electron chi connectivity index (χ2n) is 7.00. The molecule has 3 aliphatic heterocycles. The first-order valence-corrected chi connectivity index (χ1v) is 8.05. The number of nitrogens with one attached hydrogen (secondary N) is 2. The summed E-state index contributed by atoms with van der Waals surface area (Å²) in [5, 5.41) is 15.0. The molecule has 0 aromatic rings. The Morgan fingerprint density at radius 3 is 2.43 bits per heavy atom. The van der Waals surface area contributed by atoms with Gasteiger partial charge in [0.2, 0.25) is 0 Å². The molecule has 0 aromatic carbocycles. The Morgan fingerprint density at radius 2 is 1.95 bits per heavy atom. The van der Waals surface area contributed by atoms with Crippen LogP contribution in [0.15, 0.2) is 0 Å². The number of carbonyl (C=O) groups is 2. The smallest absolute Gasteiger partial charge is 0.315 e. The number of amides is 2. The number of urea groups is 1. The largest absolute Gasteiger partial charge is 0.481 e. The molecule has 3 N–H and O–H groups in total. The molecule has 118 valence electrons. The maximum atomic E-state index is 12.1. The second-order valence-corrected chi connectivity index (χ2v) is 7.00. The predicted molar refractivity (Wildman–Crippen MR) is 78.0 cm³/mol. The fourth-order valence-corrected chi connectivity index (χ4v) is 4.03. The molecule has 2 amide bonds. The number of carbonyl (C=O) groups excluding carboxylic acids is 1. The van der Waals surface area contributed by atoms with Crippen molar-refractivity contribution in [1.29, 1.82) is 0 Å². The van der Waals surface area contributed by atoms with Crippen molar-refractivity contribution in [1.82, 2.24) is 15.5 Å². The molecule has 6 nitrogen and oxygen atoms in total. The molecule has 6 heteroatoms. The molecule has 0 aromatic heterocycles. The van der Waals surface area contributed by atoms with Gasteiger partial charge in [0.05, 0.1) is 6.42 Å². The van der Waals surface area contributed by atoms with E-state index in [0.29, 0.717) is 12.5 Å². The van der Waals surface area contributed by atoms with Crippen LogP contribution in [0.2, 0.25) is 0 Å². The van der Waals surface area contributed by atoms with Gasteiger partial charge in [0.15, 0.2) is 0 Å². The van der Waals surface area contributed by atoms with E-state index in [9.17, 15) is 9.59 Å². The zero-order valence-electron chi connectivity index (χ0n) is 12.4. The van der Waals surface area contributed by atoms with Crippen LogP contribution < -0.4 is 10.6 Å². The van der Waals surface area contributed by atoms with Gasteiger partial charge in [-0.3, -0.25) is 4.79 Å². The highest BCUT2D eigenvalue weighted by Gasteiger charge is 2.40. The maximum absolute atomic E-state index is 12.1. The first-order valence-electron chi connectivity index (χ1n) is 8.05. The Kier molecular flexibility index (Phi) is 4.06. The van der Waals surface area contributed by atoms with Gasteiger partial charge in [-0.15, -0.1) is 0 Å². The van der Waals surface area contributed by atoms with Gasteiger partial charge in [0.1, 0.15) is 0 Å². The molecule has 1 unspecified atom stereocenters. The van der Waals surface area contributed by atoms with Crippen LogP contribution >= 0.6 is 0 Å². The molecule has 4 aliphatic rings. The molecule has 0 radical (unpaired) electrons. The topological polar surface area (TPSA) is 81.7 Å². The van der Waals surface area contributed by atoms with E-state index in [0.717, 1.165) is 38.9 Å². The summed E-state index contributed by atoms with van der Waals surface area (Å²) in [5.41, 5.74) is -0.210. The van der Waals surface area contributed by atoms with E-state index in [1.165, 1.54) is 12.8 Å². The third-order valence-corrected chi connectivity index (χ3v) is 5.54. The lowest BCUT2D eigenvalue weighted by molar-refractivity contribution is -0.141. The van der Waals surface area contributed by atoms with Gasteiger partial charge in [-0.05, 0) is 50.1 Å². The minimum Gasteiger partial charge on any atom is -0.481 e. The lowest BCUT2D eigenvalue weighted by atomic mass is 9.66. The van der Waals surface area contributed by atoms with Crippen LogP contribution in [0.5, 0.6) is 0 Å². The number of carboxylic acid groups (broad SMARTS) is 1. The van der Waals surface area contributed by atoms with Gasteiger partial charge in [0, 0.05) is 19.1 Å². The van der Waals surface area contributed by atoms with Crippen molar-refractivity contribution in [2.45, 2.75) is 44.6 Å². The van der Waals surface area contributed by atoms with Crippen molar-refractivity contribution in [3.05, 3.63) is 0 Å². The first-order chi connectivity index (χ1) is 10.1. The van der Waals surface area contributed by atoms with E-state index in [4.69, 9.17) is 5.11 Å². The van der Waals surface area contributed by atoms with E-state index in [-0.39, 0.29) is 23.9 Å². The number of hydrogen-bond acceptors (Lipinski definition) is 3. The number of rotatable bonds is 5. The monoisotopic (exact) mass is 295 g/mol. The third-order valence-electron chi connectivity index (χ3n) is 5.54. The number of carboxylic acids is 1. The fourth-order valence-electron chi connectivity index (χ4n) is 4.03. The summed E-state index contributed by atoms with van der Waals surface area (Å²) in [6.07, 6.45) is 5.38. The molecule has 0 spiro atoms. The van der Waals surface area contributed by atoms with Gasteiger partial charge in [-0.25, -0.2) is 4.79 Å². The summed E-state index contributed by atoms with van der Waals surface area (Å²) in [7, 11) is 0. The average Bonchev–Trinajstić information content (AvgIpc) is 2.42. The summed E-state index contributed by atoms with van der Waals surface area (Å²) in [4.78, 5) is 25.4. The van der Waals surface area contributed by atoms with Crippen molar-refractivity contribution < 1.29 is 14.7 Å². The van der Waals surface area contributed by atoms with Gasteiger partial charge >= 0.3 is 12.0 Å². The molecule has 2 bridgehead atoms. The van der Waals surface area contributed by atoms with Crippen molar-refractivity contribution in [3.63, 3.8) is 0 Å². The molecule has 1 atom stereocenters. The predicted octanol–water partition coefficient (Wildman–Crippen LogP) is 1.02. The average molecular weight is 295 g/mol. The number of fused-ring (bicyclic) bond motifs is 3. The van der Waals surface area contributed by atoms with Crippen LogP contribution in [0.3, 0.4) is 0 Å². The second kappa shape index (κ2) is 5.83. The van der Waals surface area contributed by atoms with E-state index >= 15 is 0 Å². The van der Waals surface area contributed by atoms with Gasteiger partial charge in [-0.2, -0.15) is 0 Å². The number of aliphatic carboxylic acids is 1. The molecular weight excluding hydrogens is 270 g/mol. The zero-order valence-corrected chi connectivity index (χ0v) is 12.4. The van der Waals surface area contributed by atoms with E-state index in [1.807, 2.05) is 0 Å². The highest BCUT2D eigenvalue weighted by atomic mass is 16.4. The lowest BCUT2D eigenvalue weighted by Crippen LogP contribution is -2.59. The summed E-state index contributed by atoms with van der Waals surface area (Å²) >= 11 is 0. The van der Waals surface area contributed by atoms with E-state index < -0.39 is 5.97 Å². The van der Waals surface area contributed by atoms with Crippen molar-refractivity contribution in [3.8, 4) is 0 Å². The summed E-state index contributed by atoms with van der Waals surface area (Å²) in [5.74, 6) is -0.160. The lowest BCUT2D eigenvalue weighted by Gasteiger charge is -2.45. The molecule has 21 heavy (non-hydrogen) atoms. The Morgan fingerprint density at radius 1 is 1.24 bits per heavy atom. The molecule has 3 heterocycles. The first kappa shape index (κ1) is 14.6. The standard InChI is InChI=1S/C15H25N3O3/c19-13(20)8-15(4-1-5-15)10-16-14(21)17-12-9-18-6-2-11(12)3-7-18/h11-12H,1-10H2,(H,19,20)(H2,16,17,21). The van der Waals surface area contributed by atoms with E-state index in [2.05, 4.69) is 15.5 Å². The van der Waals surface area contributed by atoms with Crippen molar-refractivity contribution in [2.24, 2.45) is 11.3 Å². The Balaban J connectivity index is 1.45. The fraction of sp³-hybridized carbons (Fsp3) is 0.867. The van der Waals surface area contributed by atoms with Crippen LogP contribution in [-0.4, -0.2) is 54.2 Å². The SMILES string of the molecule is O=C(O)CC1(CNC(=O)NC2CN3CCC2CC3)CCC1. The third kappa shape index (κ3) is 3.31. The minimum atomic E-state index is -0.769. The number of hydrogen-bond donors (Lipinski definition) is 3. The molecule has 1 aliphatic carbocycles. The number of nitrogens with zero attached hydrogens (tertiary/aromatic N) is 1. The Hall–Kier alpha value is -1.30. The maximum Gasteiger partial charge on any atom is 0.315 e. The number of piperidine rings is 3. The quantitative estimate of drug-likeness (QED) is 0.707. The molecule has 3 saturated heterocycles. The van der Waals surface area contributed by atoms with E-state index in [1.54, 1.807) is 0 Å². The highest BCUT2D eigenvalue weighted by Crippen LogP contribution is 2.43. The van der Waals surface area contributed by atoms with Gasteiger partial charge in [-0.1, -0.05) is 6.42 Å². The van der Waals surface area contributed by atoms with Gasteiger partial charge in [0.25, 0.3) is 0 Å². The Bertz CT molecular complexity index is 414. The normalized spacial score (nSPS) is 33.0. The summed E-state index contributed by atoms with van der Waals surface area (Å²) in [6, 6.07) is 0.120. The minimum absolute atomic E-state index is 0.134. The summed E-state index contributed by atoms with van der Waals surface area (Å²) in [6.45, 7) is 3.75. The van der Waals surface area contributed by atoms with Crippen molar-refractivity contribution in [2.75, 3.05) is 26.2 Å². The molecular formula is C15H25N3O3.